The zero-order valence-corrected chi connectivity index (χ0v) is 21.9. The van der Waals surface area contributed by atoms with Crippen LogP contribution in [-0.4, -0.2) is 76.3 Å². The first-order valence-electron chi connectivity index (χ1n) is 10.5. The third-order valence-electron chi connectivity index (χ3n) is 5.45. The highest BCUT2D eigenvalue weighted by Crippen LogP contribution is 2.41. The highest BCUT2D eigenvalue weighted by Gasteiger charge is 2.54. The van der Waals surface area contributed by atoms with Crippen LogP contribution in [0.3, 0.4) is 0 Å². The largest absolute Gasteiger partial charge is 0.490 e. The maximum absolute atomic E-state index is 13.0. The second-order valence-corrected chi connectivity index (χ2v) is 10.6. The predicted octanol–water partition coefficient (Wildman–Crippen LogP) is 0.440. The van der Waals surface area contributed by atoms with E-state index in [9.17, 15) is 19.5 Å². The van der Waals surface area contributed by atoms with Gasteiger partial charge in [-0.05, 0) is 17.8 Å². The predicted molar refractivity (Wildman–Crippen MR) is 135 cm³/mol. The molecule has 2 unspecified atom stereocenters. The Kier molecular flexibility index (Phi) is 7.70. The number of aromatic nitrogens is 2. The van der Waals surface area contributed by atoms with Crippen LogP contribution in [0.15, 0.2) is 44.5 Å². The molecule has 190 valence electrons. The first kappa shape index (κ1) is 25.8. The van der Waals surface area contributed by atoms with Crippen LogP contribution in [0, 0.1) is 0 Å². The number of carboxylic acid groups (broad SMARTS) is 1. The Morgan fingerprint density at radius 1 is 1.44 bits per heavy atom. The summed E-state index contributed by atoms with van der Waals surface area (Å²) in [5.74, 6) is -0.961. The van der Waals surface area contributed by atoms with Crippen molar-refractivity contribution in [3.05, 3.63) is 40.0 Å². The molecule has 0 saturated carbocycles. The van der Waals surface area contributed by atoms with Crippen LogP contribution in [0.25, 0.3) is 0 Å². The highest BCUT2D eigenvalue weighted by molar-refractivity contribution is 8.06. The molecule has 2 atom stereocenters. The van der Waals surface area contributed by atoms with E-state index < -0.39 is 29.9 Å². The third kappa shape index (κ3) is 4.85. The molecule has 15 heteroatoms. The standard InChI is InChI=1S/C21H22N6O6S3/c1-26-6-4-5-12(32-2)19(26)35-9-13-16(20(30)31)27-11(8-34-13)15(18(27)29)24-17(28)14(25-33-3)10-7-36-21(22)23-10/h4-7,11,15H,8-9H2,1-3H3,(H3-,22,23,24,28,30,31)/p+1. The minimum atomic E-state index is -1.20. The molecule has 4 heterocycles. The number of nitrogens with two attached hydrogens (primary N) is 1. The van der Waals surface area contributed by atoms with E-state index in [1.165, 1.54) is 35.5 Å². The normalized spacial score (nSPS) is 19.5. The first-order valence-corrected chi connectivity index (χ1v) is 13.3. The molecular weight excluding hydrogens is 528 g/mol. The molecule has 2 aliphatic heterocycles. The summed E-state index contributed by atoms with van der Waals surface area (Å²) in [6.45, 7) is 0. The molecule has 1 fully saturated rings. The maximum Gasteiger partial charge on any atom is 0.353 e. The monoisotopic (exact) mass is 551 g/mol. The van der Waals surface area contributed by atoms with Crippen molar-refractivity contribution in [1.29, 1.82) is 0 Å². The van der Waals surface area contributed by atoms with Crippen molar-refractivity contribution in [1.82, 2.24) is 15.2 Å². The second kappa shape index (κ2) is 10.8. The Balaban J connectivity index is 1.51. The van der Waals surface area contributed by atoms with Gasteiger partial charge in [0.2, 0.25) is 0 Å². The number of nitrogens with one attached hydrogen (secondary N) is 1. The lowest BCUT2D eigenvalue weighted by molar-refractivity contribution is -0.709. The van der Waals surface area contributed by atoms with Crippen LogP contribution in [0.2, 0.25) is 0 Å². The van der Waals surface area contributed by atoms with Gasteiger partial charge in [-0.15, -0.1) is 23.1 Å². The topological polar surface area (TPSA) is 160 Å². The van der Waals surface area contributed by atoms with E-state index >= 15 is 0 Å². The summed E-state index contributed by atoms with van der Waals surface area (Å²) in [5.41, 5.74) is 5.66. The van der Waals surface area contributed by atoms with Gasteiger partial charge in [0.1, 0.15) is 31.6 Å². The summed E-state index contributed by atoms with van der Waals surface area (Å²) in [7, 11) is 4.72. The minimum absolute atomic E-state index is 0.0742. The number of anilines is 1. The molecule has 0 radical (unpaired) electrons. The number of fused-ring (bicyclic) bond motifs is 1. The van der Waals surface area contributed by atoms with Crippen molar-refractivity contribution in [2.24, 2.45) is 12.2 Å². The summed E-state index contributed by atoms with van der Waals surface area (Å²) >= 11 is 3.90. The van der Waals surface area contributed by atoms with Crippen molar-refractivity contribution < 1.29 is 33.6 Å². The smallest absolute Gasteiger partial charge is 0.353 e. The molecule has 0 spiro atoms. The van der Waals surface area contributed by atoms with Crippen molar-refractivity contribution >= 4 is 63.5 Å². The minimum Gasteiger partial charge on any atom is -0.490 e. The fourth-order valence-corrected chi connectivity index (χ4v) is 6.86. The van der Waals surface area contributed by atoms with Gasteiger partial charge in [-0.25, -0.2) is 9.78 Å². The number of β-lactam (4-membered cyclic amide) rings is 1. The lowest BCUT2D eigenvalue weighted by atomic mass is 9.94. The molecule has 2 aromatic rings. The number of aliphatic carboxylic acids is 1. The molecule has 1 saturated heterocycles. The molecule has 2 aliphatic rings. The van der Waals surface area contributed by atoms with Gasteiger partial charge in [0.25, 0.3) is 16.8 Å². The number of oxime groups is 1. The van der Waals surface area contributed by atoms with Gasteiger partial charge in [0, 0.05) is 27.9 Å². The molecule has 4 rings (SSSR count). The van der Waals surface area contributed by atoms with Gasteiger partial charge in [-0.1, -0.05) is 5.16 Å². The summed E-state index contributed by atoms with van der Waals surface area (Å²) < 4.78 is 7.30. The van der Waals surface area contributed by atoms with E-state index in [0.29, 0.717) is 22.2 Å². The van der Waals surface area contributed by atoms with E-state index in [1.807, 2.05) is 29.9 Å². The van der Waals surface area contributed by atoms with E-state index in [4.69, 9.17) is 15.3 Å². The Bertz CT molecular complexity index is 1280. The van der Waals surface area contributed by atoms with Gasteiger partial charge in [-0.2, -0.15) is 4.57 Å². The second-order valence-electron chi connectivity index (χ2n) is 7.59. The average molecular weight is 552 g/mol. The van der Waals surface area contributed by atoms with Gasteiger partial charge in [0.15, 0.2) is 22.8 Å². The summed E-state index contributed by atoms with van der Waals surface area (Å²) in [5, 5.41) is 18.9. The Morgan fingerprint density at radius 3 is 2.86 bits per heavy atom. The zero-order valence-electron chi connectivity index (χ0n) is 19.5. The Morgan fingerprint density at radius 2 is 2.22 bits per heavy atom. The fraction of sp³-hybridized carbons (Fsp3) is 0.333. The van der Waals surface area contributed by atoms with Crippen LogP contribution in [-0.2, 0) is 26.3 Å². The number of rotatable bonds is 9. The molecule has 4 N–H and O–H groups in total. The number of carbonyl (C=O) groups excluding carboxylic acids is 2. The Labute approximate surface area is 218 Å². The van der Waals surface area contributed by atoms with Crippen LogP contribution < -0.4 is 20.4 Å². The fourth-order valence-electron chi connectivity index (χ4n) is 3.81. The molecule has 2 aromatic heterocycles. The van der Waals surface area contributed by atoms with Crippen LogP contribution in [0.5, 0.6) is 5.75 Å². The molecule has 0 aromatic carbocycles. The Hall–Kier alpha value is -3.30. The van der Waals surface area contributed by atoms with Gasteiger partial charge in [-0.3, -0.25) is 14.5 Å². The summed E-state index contributed by atoms with van der Waals surface area (Å²) in [6, 6.07) is 2.26. The number of thiazole rings is 1. The number of carboxylic acids is 1. The number of amides is 2. The van der Waals surface area contributed by atoms with E-state index in [0.717, 1.165) is 16.4 Å². The average Bonchev–Trinajstić information content (AvgIpc) is 3.29. The molecule has 0 aliphatic carbocycles. The number of aryl methyl sites for hydroxylation is 1. The number of ether oxygens (including phenoxy) is 1. The summed E-state index contributed by atoms with van der Waals surface area (Å²) in [4.78, 5) is 48.7. The van der Waals surface area contributed by atoms with Crippen LogP contribution >= 0.6 is 34.9 Å². The number of thioether (sulfide) groups is 2. The number of pyridine rings is 1. The first-order chi connectivity index (χ1) is 17.3. The van der Waals surface area contributed by atoms with Crippen molar-refractivity contribution in [3.8, 4) is 5.75 Å². The lowest BCUT2D eigenvalue weighted by Crippen LogP contribution is -2.73. The zero-order chi connectivity index (χ0) is 26.0. The number of carbonyl (C=O) groups is 3. The summed E-state index contributed by atoms with van der Waals surface area (Å²) in [6.07, 6.45) is 1.87. The third-order valence-corrected chi connectivity index (χ3v) is 8.70. The van der Waals surface area contributed by atoms with Gasteiger partial charge >= 0.3 is 5.97 Å². The van der Waals surface area contributed by atoms with E-state index in [-0.39, 0.29) is 22.2 Å². The van der Waals surface area contributed by atoms with Crippen LogP contribution in [0.4, 0.5) is 5.13 Å². The van der Waals surface area contributed by atoms with Crippen molar-refractivity contribution in [3.63, 3.8) is 0 Å². The van der Waals surface area contributed by atoms with Crippen molar-refractivity contribution in [2.45, 2.75) is 17.1 Å². The molecule has 0 bridgehead atoms. The number of nitrogens with zero attached hydrogens (tertiary/aromatic N) is 4. The molecule has 12 nitrogen and oxygen atoms in total. The van der Waals surface area contributed by atoms with E-state index in [2.05, 4.69) is 15.5 Å². The number of hydrogen-bond donors (Lipinski definition) is 3. The number of hydrogen-bond acceptors (Lipinski definition) is 11. The highest BCUT2D eigenvalue weighted by atomic mass is 32.2. The lowest BCUT2D eigenvalue weighted by Gasteiger charge is -2.49. The molecule has 36 heavy (non-hydrogen) atoms. The van der Waals surface area contributed by atoms with E-state index in [1.54, 1.807) is 12.5 Å². The van der Waals surface area contributed by atoms with Crippen molar-refractivity contribution in [2.75, 3.05) is 31.5 Å². The molecular formula is C21H23N6O6S3+. The molecule has 2 amide bonds. The number of methoxy groups -OCH3 is 1. The van der Waals surface area contributed by atoms with Crippen LogP contribution in [0.1, 0.15) is 5.69 Å². The quantitative estimate of drug-likeness (QED) is 0.131. The SMILES string of the molecule is CON=C(C(=O)NC1C(=O)N2C(C(=O)O)=C(CSc3c(OC)ccc[n+]3C)SCC12)c1csc(N)n1. The maximum atomic E-state index is 13.0. The van der Waals surface area contributed by atoms with Gasteiger partial charge < -0.3 is 25.7 Å². The van der Waals surface area contributed by atoms with Gasteiger partial charge in [0.05, 0.1) is 13.2 Å². The number of nitrogen functional groups attached to an aromatic ring is 1.